The Morgan fingerprint density at radius 3 is 2.62 bits per heavy atom. The maximum Gasteiger partial charge on any atom is 0.339 e. The maximum atomic E-state index is 11.3. The maximum absolute atomic E-state index is 11.3. The van der Waals surface area contributed by atoms with Gasteiger partial charge in [0.05, 0.1) is 6.61 Å². The SMILES string of the molecule is CCOC(=O)C(O)c1cc(C)c(C)c(N)c1. The molecule has 0 saturated carbocycles. The largest absolute Gasteiger partial charge is 0.464 e. The molecule has 1 unspecified atom stereocenters. The van der Waals surface area contributed by atoms with Gasteiger partial charge in [-0.05, 0) is 43.5 Å². The van der Waals surface area contributed by atoms with E-state index >= 15 is 0 Å². The molecular formula is C12H17NO3. The first-order valence-corrected chi connectivity index (χ1v) is 5.18. The van der Waals surface area contributed by atoms with Gasteiger partial charge in [-0.15, -0.1) is 0 Å². The standard InChI is InChI=1S/C12H17NO3/c1-4-16-12(15)11(14)9-5-7(2)8(3)10(13)6-9/h5-6,11,14H,4,13H2,1-3H3. The zero-order valence-corrected chi connectivity index (χ0v) is 9.78. The summed E-state index contributed by atoms with van der Waals surface area (Å²) in [6, 6.07) is 3.34. The third-order valence-electron chi connectivity index (χ3n) is 2.56. The van der Waals surface area contributed by atoms with Crippen molar-refractivity contribution in [1.82, 2.24) is 0 Å². The number of aryl methyl sites for hydroxylation is 1. The second-order valence-corrected chi connectivity index (χ2v) is 3.71. The first-order chi connectivity index (χ1) is 7.47. The van der Waals surface area contributed by atoms with E-state index in [0.717, 1.165) is 11.1 Å². The smallest absolute Gasteiger partial charge is 0.339 e. The highest BCUT2D eigenvalue weighted by Crippen LogP contribution is 2.23. The minimum Gasteiger partial charge on any atom is -0.464 e. The van der Waals surface area contributed by atoms with Crippen molar-refractivity contribution in [2.24, 2.45) is 0 Å². The highest BCUT2D eigenvalue weighted by Gasteiger charge is 2.19. The van der Waals surface area contributed by atoms with Crippen LogP contribution < -0.4 is 5.73 Å². The molecule has 0 aliphatic heterocycles. The quantitative estimate of drug-likeness (QED) is 0.601. The molecule has 0 saturated heterocycles. The van der Waals surface area contributed by atoms with E-state index < -0.39 is 12.1 Å². The number of carbonyl (C=O) groups is 1. The molecule has 0 amide bonds. The van der Waals surface area contributed by atoms with E-state index in [4.69, 9.17) is 10.5 Å². The third-order valence-corrected chi connectivity index (χ3v) is 2.56. The summed E-state index contributed by atoms with van der Waals surface area (Å²) in [5.41, 5.74) is 8.71. The molecule has 88 valence electrons. The van der Waals surface area contributed by atoms with Crippen LogP contribution in [-0.2, 0) is 9.53 Å². The van der Waals surface area contributed by atoms with Crippen molar-refractivity contribution in [3.8, 4) is 0 Å². The van der Waals surface area contributed by atoms with E-state index in [0.29, 0.717) is 11.3 Å². The molecule has 0 aliphatic rings. The van der Waals surface area contributed by atoms with Gasteiger partial charge in [0, 0.05) is 5.69 Å². The first-order valence-electron chi connectivity index (χ1n) is 5.18. The Labute approximate surface area is 95.0 Å². The summed E-state index contributed by atoms with van der Waals surface area (Å²) in [5.74, 6) is -0.648. The Morgan fingerprint density at radius 1 is 1.50 bits per heavy atom. The van der Waals surface area contributed by atoms with Gasteiger partial charge in [0.1, 0.15) is 0 Å². The molecule has 4 heteroatoms. The van der Waals surface area contributed by atoms with Crippen LogP contribution in [0.25, 0.3) is 0 Å². The number of aliphatic hydroxyl groups excluding tert-OH is 1. The molecule has 0 radical (unpaired) electrons. The lowest BCUT2D eigenvalue weighted by atomic mass is 10.0. The fraction of sp³-hybridized carbons (Fsp3) is 0.417. The summed E-state index contributed by atoms with van der Waals surface area (Å²) in [5, 5.41) is 9.73. The summed E-state index contributed by atoms with van der Waals surface area (Å²) in [6.45, 7) is 5.72. The number of ether oxygens (including phenoxy) is 1. The van der Waals surface area contributed by atoms with Crippen molar-refractivity contribution in [2.75, 3.05) is 12.3 Å². The fourth-order valence-corrected chi connectivity index (χ4v) is 1.43. The minimum atomic E-state index is -1.26. The molecule has 0 spiro atoms. The summed E-state index contributed by atoms with van der Waals surface area (Å²) in [4.78, 5) is 11.3. The van der Waals surface area contributed by atoms with E-state index in [2.05, 4.69) is 0 Å². The second kappa shape index (κ2) is 4.99. The normalized spacial score (nSPS) is 12.2. The van der Waals surface area contributed by atoms with Crippen LogP contribution in [0.1, 0.15) is 29.7 Å². The predicted molar refractivity (Wildman–Crippen MR) is 61.9 cm³/mol. The van der Waals surface area contributed by atoms with Gasteiger partial charge in [0.15, 0.2) is 6.10 Å². The van der Waals surface area contributed by atoms with Gasteiger partial charge in [-0.3, -0.25) is 0 Å². The molecular weight excluding hydrogens is 206 g/mol. The molecule has 0 fully saturated rings. The molecule has 1 rings (SSSR count). The molecule has 0 aliphatic carbocycles. The van der Waals surface area contributed by atoms with Crippen molar-refractivity contribution in [3.63, 3.8) is 0 Å². The van der Waals surface area contributed by atoms with Crippen LogP contribution >= 0.6 is 0 Å². The number of esters is 1. The third kappa shape index (κ3) is 2.52. The number of nitrogens with two attached hydrogens (primary N) is 1. The van der Waals surface area contributed by atoms with E-state index in [-0.39, 0.29) is 6.61 Å². The van der Waals surface area contributed by atoms with Crippen LogP contribution in [0.2, 0.25) is 0 Å². The number of carbonyl (C=O) groups excluding carboxylic acids is 1. The molecule has 0 heterocycles. The molecule has 16 heavy (non-hydrogen) atoms. The van der Waals surface area contributed by atoms with Gasteiger partial charge >= 0.3 is 5.97 Å². The molecule has 1 aromatic rings. The molecule has 0 bridgehead atoms. The van der Waals surface area contributed by atoms with Gasteiger partial charge in [0.25, 0.3) is 0 Å². The van der Waals surface area contributed by atoms with Crippen LogP contribution in [0.15, 0.2) is 12.1 Å². The molecule has 1 aromatic carbocycles. The summed E-state index contributed by atoms with van der Waals surface area (Å²) < 4.78 is 4.74. The van der Waals surface area contributed by atoms with E-state index in [1.54, 1.807) is 19.1 Å². The monoisotopic (exact) mass is 223 g/mol. The Balaban J connectivity index is 3.01. The van der Waals surface area contributed by atoms with Crippen LogP contribution in [0.5, 0.6) is 0 Å². The van der Waals surface area contributed by atoms with Gasteiger partial charge in [-0.2, -0.15) is 0 Å². The Bertz CT molecular complexity index is 378. The zero-order valence-electron chi connectivity index (χ0n) is 9.78. The van der Waals surface area contributed by atoms with Gasteiger partial charge < -0.3 is 15.6 Å². The van der Waals surface area contributed by atoms with Crippen molar-refractivity contribution >= 4 is 11.7 Å². The van der Waals surface area contributed by atoms with Crippen LogP contribution in [0.3, 0.4) is 0 Å². The summed E-state index contributed by atoms with van der Waals surface area (Å²) >= 11 is 0. The summed E-state index contributed by atoms with van der Waals surface area (Å²) in [6.07, 6.45) is -1.26. The van der Waals surface area contributed by atoms with Crippen LogP contribution in [-0.4, -0.2) is 17.7 Å². The van der Waals surface area contributed by atoms with Gasteiger partial charge in [-0.25, -0.2) is 4.79 Å². The minimum absolute atomic E-state index is 0.246. The van der Waals surface area contributed by atoms with Crippen molar-refractivity contribution < 1.29 is 14.6 Å². The highest BCUT2D eigenvalue weighted by atomic mass is 16.5. The van der Waals surface area contributed by atoms with Crippen molar-refractivity contribution in [2.45, 2.75) is 26.9 Å². The van der Waals surface area contributed by atoms with Crippen molar-refractivity contribution in [1.29, 1.82) is 0 Å². The number of benzene rings is 1. The lowest BCUT2D eigenvalue weighted by Crippen LogP contribution is -2.16. The number of rotatable bonds is 3. The average molecular weight is 223 g/mol. The second-order valence-electron chi connectivity index (χ2n) is 3.71. The van der Waals surface area contributed by atoms with Crippen LogP contribution in [0, 0.1) is 13.8 Å². The Kier molecular flexibility index (Phi) is 3.90. The number of hydrogen-bond donors (Lipinski definition) is 2. The van der Waals surface area contributed by atoms with Crippen molar-refractivity contribution in [3.05, 3.63) is 28.8 Å². The van der Waals surface area contributed by atoms with Gasteiger partial charge in [-0.1, -0.05) is 6.07 Å². The van der Waals surface area contributed by atoms with Crippen LogP contribution in [0.4, 0.5) is 5.69 Å². The van der Waals surface area contributed by atoms with E-state index in [9.17, 15) is 9.90 Å². The highest BCUT2D eigenvalue weighted by molar-refractivity contribution is 5.77. The number of anilines is 1. The number of hydrogen-bond acceptors (Lipinski definition) is 4. The lowest BCUT2D eigenvalue weighted by Gasteiger charge is -2.13. The summed E-state index contributed by atoms with van der Waals surface area (Å²) in [7, 11) is 0. The van der Waals surface area contributed by atoms with E-state index in [1.165, 1.54) is 0 Å². The Hall–Kier alpha value is -1.55. The van der Waals surface area contributed by atoms with Gasteiger partial charge in [0.2, 0.25) is 0 Å². The molecule has 1 atom stereocenters. The zero-order chi connectivity index (χ0) is 12.3. The Morgan fingerprint density at radius 2 is 2.12 bits per heavy atom. The fourth-order valence-electron chi connectivity index (χ4n) is 1.43. The number of nitrogen functional groups attached to an aromatic ring is 1. The van der Waals surface area contributed by atoms with E-state index in [1.807, 2.05) is 13.8 Å². The molecule has 0 aromatic heterocycles. The predicted octanol–water partition coefficient (Wildman–Crippen LogP) is 1.48. The molecule has 4 nitrogen and oxygen atoms in total. The number of aliphatic hydroxyl groups is 1. The first kappa shape index (κ1) is 12.5. The molecule has 3 N–H and O–H groups in total. The average Bonchev–Trinajstić information content (AvgIpc) is 2.24. The lowest BCUT2D eigenvalue weighted by molar-refractivity contribution is -0.153. The topological polar surface area (TPSA) is 72.5 Å².